The van der Waals surface area contributed by atoms with E-state index in [4.69, 9.17) is 4.74 Å². The van der Waals surface area contributed by atoms with E-state index in [0.29, 0.717) is 12.5 Å². The predicted molar refractivity (Wildman–Crippen MR) is 93.1 cm³/mol. The van der Waals surface area contributed by atoms with Crippen molar-refractivity contribution in [2.75, 3.05) is 6.61 Å². The number of rotatable bonds is 7. The average molecular weight is 332 g/mol. The SMILES string of the molecule is CCC(O)(CC)CCCOC(=O)C1CC2CC1C1C3C=CC(C3)C21. The van der Waals surface area contributed by atoms with E-state index in [-0.39, 0.29) is 11.9 Å². The van der Waals surface area contributed by atoms with E-state index in [9.17, 15) is 9.90 Å². The van der Waals surface area contributed by atoms with Crippen LogP contribution in [0, 0.1) is 41.4 Å². The summed E-state index contributed by atoms with van der Waals surface area (Å²) in [5.41, 5.74) is -0.582. The lowest BCUT2D eigenvalue weighted by Gasteiger charge is -2.35. The van der Waals surface area contributed by atoms with Gasteiger partial charge < -0.3 is 9.84 Å². The number of fused-ring (bicyclic) bond motifs is 9. The van der Waals surface area contributed by atoms with Crippen molar-refractivity contribution in [3.63, 3.8) is 0 Å². The predicted octanol–water partition coefficient (Wildman–Crippen LogP) is 3.96. The molecule has 3 heteroatoms. The molecule has 0 amide bonds. The Balaban J connectivity index is 1.27. The van der Waals surface area contributed by atoms with Gasteiger partial charge in [0.1, 0.15) is 0 Å². The Hall–Kier alpha value is -0.830. The molecule has 0 heterocycles. The van der Waals surface area contributed by atoms with Crippen LogP contribution in [0.3, 0.4) is 0 Å². The molecule has 4 bridgehead atoms. The van der Waals surface area contributed by atoms with Crippen LogP contribution in [0.2, 0.25) is 0 Å². The molecule has 0 aromatic rings. The molecule has 0 aliphatic heterocycles. The fourth-order valence-electron chi connectivity index (χ4n) is 6.57. The zero-order valence-electron chi connectivity index (χ0n) is 15.1. The molecule has 4 aliphatic rings. The fourth-order valence-corrected chi connectivity index (χ4v) is 6.57. The summed E-state index contributed by atoms with van der Waals surface area (Å²) in [4.78, 5) is 12.6. The van der Waals surface area contributed by atoms with Crippen LogP contribution in [0.15, 0.2) is 12.2 Å². The van der Waals surface area contributed by atoms with Crippen LogP contribution in [0.1, 0.15) is 58.8 Å². The molecule has 4 aliphatic carbocycles. The highest BCUT2D eigenvalue weighted by Crippen LogP contribution is 2.67. The number of allylic oxidation sites excluding steroid dienone is 2. The van der Waals surface area contributed by atoms with Gasteiger partial charge in [-0.05, 0) is 80.5 Å². The van der Waals surface area contributed by atoms with Crippen molar-refractivity contribution in [1.82, 2.24) is 0 Å². The number of hydrogen-bond donors (Lipinski definition) is 1. The molecule has 0 radical (unpaired) electrons. The molecule has 4 rings (SSSR count). The van der Waals surface area contributed by atoms with Crippen LogP contribution >= 0.6 is 0 Å². The highest BCUT2D eigenvalue weighted by Gasteiger charge is 2.62. The van der Waals surface area contributed by atoms with Crippen molar-refractivity contribution in [2.45, 2.75) is 64.4 Å². The highest BCUT2D eigenvalue weighted by molar-refractivity contribution is 5.73. The molecule has 0 aromatic carbocycles. The summed E-state index contributed by atoms with van der Waals surface area (Å²) in [6.07, 6.45) is 11.6. The molecule has 3 fully saturated rings. The Bertz CT molecular complexity index is 521. The molecule has 0 aromatic heterocycles. The minimum absolute atomic E-state index is 0.0456. The van der Waals surface area contributed by atoms with E-state index in [1.807, 2.05) is 13.8 Å². The van der Waals surface area contributed by atoms with E-state index < -0.39 is 5.60 Å². The molecule has 0 saturated heterocycles. The smallest absolute Gasteiger partial charge is 0.309 e. The van der Waals surface area contributed by atoms with Gasteiger partial charge in [0.05, 0.1) is 18.1 Å². The van der Waals surface area contributed by atoms with E-state index >= 15 is 0 Å². The Morgan fingerprint density at radius 3 is 2.54 bits per heavy atom. The average Bonchev–Trinajstić information content (AvgIpc) is 3.36. The van der Waals surface area contributed by atoms with Crippen LogP contribution in [-0.4, -0.2) is 23.3 Å². The summed E-state index contributed by atoms with van der Waals surface area (Å²) < 4.78 is 5.62. The summed E-state index contributed by atoms with van der Waals surface area (Å²) >= 11 is 0. The fraction of sp³-hybridized carbons (Fsp3) is 0.857. The topological polar surface area (TPSA) is 46.5 Å². The minimum atomic E-state index is -0.582. The minimum Gasteiger partial charge on any atom is -0.465 e. The van der Waals surface area contributed by atoms with Gasteiger partial charge >= 0.3 is 5.97 Å². The van der Waals surface area contributed by atoms with Gasteiger partial charge in [0.15, 0.2) is 0 Å². The van der Waals surface area contributed by atoms with Crippen LogP contribution in [-0.2, 0) is 9.53 Å². The van der Waals surface area contributed by atoms with Crippen molar-refractivity contribution >= 4 is 5.97 Å². The van der Waals surface area contributed by atoms with Gasteiger partial charge in [-0.2, -0.15) is 0 Å². The molecule has 24 heavy (non-hydrogen) atoms. The number of carbonyl (C=O) groups is 1. The van der Waals surface area contributed by atoms with Gasteiger partial charge in [0.2, 0.25) is 0 Å². The quantitative estimate of drug-likeness (QED) is 0.332. The second-order valence-corrected chi connectivity index (χ2v) is 8.81. The molecule has 7 unspecified atom stereocenters. The first kappa shape index (κ1) is 16.6. The standard InChI is InChI=1S/C21H32O3/c1-3-21(23,4-2)8-5-9-24-20(22)17-12-15-11-16(17)19-14-7-6-13(10-14)18(15)19/h6-7,13-19,23H,3-5,8-12H2,1-2H3. The molecule has 3 nitrogen and oxygen atoms in total. The Kier molecular flexibility index (Phi) is 4.27. The number of hydrogen-bond acceptors (Lipinski definition) is 3. The lowest BCUT2D eigenvalue weighted by Crippen LogP contribution is -2.35. The number of esters is 1. The molecule has 134 valence electrons. The maximum Gasteiger partial charge on any atom is 0.309 e. The largest absolute Gasteiger partial charge is 0.465 e. The van der Waals surface area contributed by atoms with Gasteiger partial charge in [-0.25, -0.2) is 0 Å². The number of ether oxygens (including phenoxy) is 1. The highest BCUT2D eigenvalue weighted by atomic mass is 16.5. The molecule has 7 atom stereocenters. The molecule has 0 spiro atoms. The maximum atomic E-state index is 12.6. The first-order valence-electron chi connectivity index (χ1n) is 10.1. The van der Waals surface area contributed by atoms with Crippen LogP contribution in [0.25, 0.3) is 0 Å². The normalized spacial score (nSPS) is 41.9. The molecule has 3 saturated carbocycles. The van der Waals surface area contributed by atoms with Gasteiger partial charge in [-0.1, -0.05) is 26.0 Å². The molecular weight excluding hydrogens is 300 g/mol. The maximum absolute atomic E-state index is 12.6. The Labute approximate surface area is 145 Å². The van der Waals surface area contributed by atoms with Crippen molar-refractivity contribution in [2.24, 2.45) is 41.4 Å². The van der Waals surface area contributed by atoms with E-state index in [1.54, 1.807) is 0 Å². The van der Waals surface area contributed by atoms with E-state index in [1.165, 1.54) is 12.8 Å². The third kappa shape index (κ3) is 2.55. The van der Waals surface area contributed by atoms with Crippen molar-refractivity contribution in [1.29, 1.82) is 0 Å². The Morgan fingerprint density at radius 1 is 1.12 bits per heavy atom. The summed E-state index contributed by atoms with van der Waals surface area (Å²) in [6, 6.07) is 0. The van der Waals surface area contributed by atoms with Crippen molar-refractivity contribution < 1.29 is 14.6 Å². The summed E-state index contributed by atoms with van der Waals surface area (Å²) in [7, 11) is 0. The summed E-state index contributed by atoms with van der Waals surface area (Å²) in [5, 5.41) is 10.3. The molecule has 1 N–H and O–H groups in total. The molecular formula is C21H32O3. The van der Waals surface area contributed by atoms with Gasteiger partial charge in [-0.3, -0.25) is 4.79 Å². The number of carbonyl (C=O) groups excluding carboxylic acids is 1. The number of aliphatic hydroxyl groups is 1. The third-order valence-electron chi connectivity index (χ3n) is 7.92. The lowest BCUT2D eigenvalue weighted by atomic mass is 9.69. The monoisotopic (exact) mass is 332 g/mol. The van der Waals surface area contributed by atoms with Gasteiger partial charge in [0.25, 0.3) is 0 Å². The van der Waals surface area contributed by atoms with Gasteiger partial charge in [0, 0.05) is 0 Å². The van der Waals surface area contributed by atoms with E-state index in [2.05, 4.69) is 12.2 Å². The first-order chi connectivity index (χ1) is 11.6. The van der Waals surface area contributed by atoms with E-state index in [0.717, 1.165) is 61.7 Å². The summed E-state index contributed by atoms with van der Waals surface area (Å²) in [6.45, 7) is 4.50. The van der Waals surface area contributed by atoms with Crippen molar-refractivity contribution in [3.8, 4) is 0 Å². The zero-order valence-corrected chi connectivity index (χ0v) is 15.1. The van der Waals surface area contributed by atoms with Crippen LogP contribution in [0.4, 0.5) is 0 Å². The second kappa shape index (κ2) is 6.16. The van der Waals surface area contributed by atoms with Crippen molar-refractivity contribution in [3.05, 3.63) is 12.2 Å². The van der Waals surface area contributed by atoms with Crippen LogP contribution < -0.4 is 0 Å². The third-order valence-corrected chi connectivity index (χ3v) is 7.92. The Morgan fingerprint density at radius 2 is 1.83 bits per heavy atom. The first-order valence-corrected chi connectivity index (χ1v) is 10.1. The zero-order chi connectivity index (χ0) is 16.9. The second-order valence-electron chi connectivity index (χ2n) is 8.81. The summed E-state index contributed by atoms with van der Waals surface area (Å²) in [5.74, 6) is 4.74. The van der Waals surface area contributed by atoms with Gasteiger partial charge in [-0.15, -0.1) is 0 Å². The van der Waals surface area contributed by atoms with Crippen LogP contribution in [0.5, 0.6) is 0 Å². The lowest BCUT2D eigenvalue weighted by molar-refractivity contribution is -0.152.